The minimum atomic E-state index is 0.135. The van der Waals surface area contributed by atoms with Crippen molar-refractivity contribution in [3.05, 3.63) is 29.8 Å². The lowest BCUT2D eigenvalue weighted by Gasteiger charge is -2.24. The number of carbonyl (C=O) groups excluding carboxylic acids is 1. The van der Waals surface area contributed by atoms with Crippen LogP contribution in [-0.4, -0.2) is 37.6 Å². The molecule has 4 nitrogen and oxygen atoms in total. The van der Waals surface area contributed by atoms with Crippen LogP contribution in [0.4, 0.5) is 0 Å². The van der Waals surface area contributed by atoms with E-state index in [0.29, 0.717) is 25.4 Å². The fourth-order valence-electron chi connectivity index (χ4n) is 1.93. The molecular weight excluding hydrogens is 240 g/mol. The molecule has 0 aromatic heterocycles. The first-order valence-electron chi connectivity index (χ1n) is 6.71. The van der Waals surface area contributed by atoms with Gasteiger partial charge in [0.1, 0.15) is 5.75 Å². The summed E-state index contributed by atoms with van der Waals surface area (Å²) in [5.74, 6) is 1.24. The number of methoxy groups -OCH3 is 1. The average molecular weight is 264 g/mol. The Hall–Kier alpha value is -1.55. The van der Waals surface area contributed by atoms with Crippen molar-refractivity contribution in [1.82, 2.24) is 4.90 Å². The Labute approximate surface area is 115 Å². The van der Waals surface area contributed by atoms with Crippen LogP contribution in [0, 0.1) is 5.92 Å². The monoisotopic (exact) mass is 264 g/mol. The normalized spacial score (nSPS) is 12.0. The molecule has 0 aliphatic rings. The van der Waals surface area contributed by atoms with E-state index in [0.717, 1.165) is 17.9 Å². The van der Waals surface area contributed by atoms with Gasteiger partial charge in [-0.25, -0.2) is 0 Å². The number of ether oxygens (including phenoxy) is 1. The number of hydrogen-bond acceptors (Lipinski definition) is 3. The van der Waals surface area contributed by atoms with Crippen molar-refractivity contribution in [3.8, 4) is 5.75 Å². The number of nitrogens with two attached hydrogens (primary N) is 1. The van der Waals surface area contributed by atoms with Crippen molar-refractivity contribution in [2.45, 2.75) is 20.3 Å². The first-order valence-corrected chi connectivity index (χ1v) is 6.71. The molecule has 2 N–H and O–H groups in total. The highest BCUT2D eigenvalue weighted by Crippen LogP contribution is 2.14. The van der Waals surface area contributed by atoms with Gasteiger partial charge >= 0.3 is 0 Å². The van der Waals surface area contributed by atoms with Crippen LogP contribution in [0.3, 0.4) is 0 Å². The lowest BCUT2D eigenvalue weighted by Crippen LogP contribution is -2.37. The van der Waals surface area contributed by atoms with E-state index in [2.05, 4.69) is 6.92 Å². The standard InChI is InChI=1S/C15H24N2O2/c1-4-17(11-12(2)10-16)15(18)9-13-6-5-7-14(8-13)19-3/h5-8,12H,4,9-11,16H2,1-3H3. The van der Waals surface area contributed by atoms with E-state index in [4.69, 9.17) is 10.5 Å². The number of nitrogens with zero attached hydrogens (tertiary/aromatic N) is 1. The minimum Gasteiger partial charge on any atom is -0.497 e. The van der Waals surface area contributed by atoms with Crippen LogP contribution in [-0.2, 0) is 11.2 Å². The van der Waals surface area contributed by atoms with Gasteiger partial charge in [0, 0.05) is 13.1 Å². The second kappa shape index (κ2) is 7.79. The molecule has 0 radical (unpaired) electrons. The van der Waals surface area contributed by atoms with E-state index in [1.807, 2.05) is 36.1 Å². The Bertz CT molecular complexity index is 407. The van der Waals surface area contributed by atoms with Crippen molar-refractivity contribution >= 4 is 5.91 Å². The van der Waals surface area contributed by atoms with Gasteiger partial charge in [-0.1, -0.05) is 19.1 Å². The molecule has 0 aliphatic carbocycles. The van der Waals surface area contributed by atoms with Gasteiger partial charge in [0.2, 0.25) is 5.91 Å². The van der Waals surface area contributed by atoms with Gasteiger partial charge in [-0.15, -0.1) is 0 Å². The zero-order chi connectivity index (χ0) is 14.3. The van der Waals surface area contributed by atoms with Crippen LogP contribution in [0.1, 0.15) is 19.4 Å². The maximum absolute atomic E-state index is 12.2. The lowest BCUT2D eigenvalue weighted by molar-refractivity contribution is -0.130. The predicted molar refractivity (Wildman–Crippen MR) is 77.2 cm³/mol. The molecule has 106 valence electrons. The van der Waals surface area contributed by atoms with Crippen molar-refractivity contribution < 1.29 is 9.53 Å². The van der Waals surface area contributed by atoms with E-state index < -0.39 is 0 Å². The summed E-state index contributed by atoms with van der Waals surface area (Å²) in [6.07, 6.45) is 0.405. The van der Waals surface area contributed by atoms with Crippen molar-refractivity contribution in [3.63, 3.8) is 0 Å². The van der Waals surface area contributed by atoms with Gasteiger partial charge < -0.3 is 15.4 Å². The van der Waals surface area contributed by atoms with Gasteiger partial charge in [-0.05, 0) is 37.1 Å². The van der Waals surface area contributed by atoms with E-state index in [-0.39, 0.29) is 5.91 Å². The quantitative estimate of drug-likeness (QED) is 0.815. The molecule has 1 rings (SSSR count). The molecule has 0 saturated carbocycles. The summed E-state index contributed by atoms with van der Waals surface area (Å²) in [7, 11) is 1.63. The van der Waals surface area contributed by atoms with Crippen LogP contribution in [0.25, 0.3) is 0 Å². The van der Waals surface area contributed by atoms with Gasteiger partial charge in [0.25, 0.3) is 0 Å². The zero-order valence-corrected chi connectivity index (χ0v) is 12.1. The van der Waals surface area contributed by atoms with Crippen LogP contribution < -0.4 is 10.5 Å². The molecule has 19 heavy (non-hydrogen) atoms. The van der Waals surface area contributed by atoms with Crippen LogP contribution >= 0.6 is 0 Å². The third-order valence-electron chi connectivity index (χ3n) is 3.16. The smallest absolute Gasteiger partial charge is 0.226 e. The summed E-state index contributed by atoms with van der Waals surface area (Å²) in [5, 5.41) is 0. The Balaban J connectivity index is 2.65. The highest BCUT2D eigenvalue weighted by Gasteiger charge is 2.14. The zero-order valence-electron chi connectivity index (χ0n) is 12.1. The Morgan fingerprint density at radius 1 is 1.47 bits per heavy atom. The molecule has 0 bridgehead atoms. The van der Waals surface area contributed by atoms with Crippen LogP contribution in [0.5, 0.6) is 5.75 Å². The molecular formula is C15H24N2O2. The fraction of sp³-hybridized carbons (Fsp3) is 0.533. The summed E-state index contributed by atoms with van der Waals surface area (Å²) in [6.45, 7) is 6.08. The molecule has 1 amide bonds. The molecule has 0 fully saturated rings. The fourth-order valence-corrected chi connectivity index (χ4v) is 1.93. The number of carbonyl (C=O) groups is 1. The molecule has 1 aromatic rings. The topological polar surface area (TPSA) is 55.6 Å². The predicted octanol–water partition coefficient (Wildman–Crippen LogP) is 1.68. The maximum Gasteiger partial charge on any atom is 0.226 e. The number of amides is 1. The summed E-state index contributed by atoms with van der Waals surface area (Å²) < 4.78 is 5.16. The molecule has 0 saturated heterocycles. The summed E-state index contributed by atoms with van der Waals surface area (Å²) in [4.78, 5) is 14.1. The largest absolute Gasteiger partial charge is 0.497 e. The van der Waals surface area contributed by atoms with E-state index in [9.17, 15) is 4.79 Å². The van der Waals surface area contributed by atoms with Gasteiger partial charge in [-0.3, -0.25) is 4.79 Å². The second-order valence-corrected chi connectivity index (χ2v) is 4.80. The van der Waals surface area contributed by atoms with Gasteiger partial charge in [0.05, 0.1) is 13.5 Å². The number of benzene rings is 1. The SMILES string of the molecule is CCN(CC(C)CN)C(=O)Cc1cccc(OC)c1. The highest BCUT2D eigenvalue weighted by atomic mass is 16.5. The Morgan fingerprint density at radius 2 is 2.21 bits per heavy atom. The van der Waals surface area contributed by atoms with Crippen LogP contribution in [0.2, 0.25) is 0 Å². The second-order valence-electron chi connectivity index (χ2n) is 4.80. The van der Waals surface area contributed by atoms with Crippen molar-refractivity contribution in [1.29, 1.82) is 0 Å². The molecule has 1 atom stereocenters. The Kier molecular flexibility index (Phi) is 6.36. The number of hydrogen-bond donors (Lipinski definition) is 1. The average Bonchev–Trinajstić information content (AvgIpc) is 2.44. The summed E-state index contributed by atoms with van der Waals surface area (Å²) in [6, 6.07) is 7.63. The van der Waals surface area contributed by atoms with E-state index >= 15 is 0 Å². The first kappa shape index (κ1) is 15.5. The van der Waals surface area contributed by atoms with Gasteiger partial charge in [-0.2, -0.15) is 0 Å². The molecule has 0 heterocycles. The maximum atomic E-state index is 12.2. The van der Waals surface area contributed by atoms with Crippen molar-refractivity contribution in [2.24, 2.45) is 11.7 Å². The van der Waals surface area contributed by atoms with E-state index in [1.165, 1.54) is 0 Å². The third-order valence-corrected chi connectivity index (χ3v) is 3.16. The van der Waals surface area contributed by atoms with Crippen LogP contribution in [0.15, 0.2) is 24.3 Å². The molecule has 4 heteroatoms. The van der Waals surface area contributed by atoms with E-state index in [1.54, 1.807) is 7.11 Å². The molecule has 0 spiro atoms. The molecule has 1 unspecified atom stereocenters. The van der Waals surface area contributed by atoms with Gasteiger partial charge in [0.15, 0.2) is 0 Å². The molecule has 0 aliphatic heterocycles. The summed E-state index contributed by atoms with van der Waals surface area (Å²) in [5.41, 5.74) is 6.59. The highest BCUT2D eigenvalue weighted by molar-refractivity contribution is 5.78. The summed E-state index contributed by atoms with van der Waals surface area (Å²) >= 11 is 0. The Morgan fingerprint density at radius 3 is 2.79 bits per heavy atom. The number of likely N-dealkylation sites (N-methyl/N-ethyl adjacent to an activating group) is 1. The third kappa shape index (κ3) is 4.91. The first-order chi connectivity index (χ1) is 9.10. The minimum absolute atomic E-state index is 0.135. The van der Waals surface area contributed by atoms with Crippen molar-refractivity contribution in [2.75, 3.05) is 26.7 Å². The number of rotatable bonds is 7. The lowest BCUT2D eigenvalue weighted by atomic mass is 10.1. The molecule has 1 aromatic carbocycles.